The maximum Gasteiger partial charge on any atom is 0.225 e. The Morgan fingerprint density at radius 3 is 2.50 bits per heavy atom. The van der Waals surface area contributed by atoms with E-state index in [0.717, 1.165) is 48.8 Å². The zero-order valence-corrected chi connectivity index (χ0v) is 12.1. The van der Waals surface area contributed by atoms with Gasteiger partial charge in [-0.2, -0.15) is 0 Å². The molecule has 0 spiro atoms. The Hall–Kier alpha value is -2.53. The number of morpholine rings is 1. The minimum absolute atomic E-state index is 0.734. The number of ether oxygens (including phenoxy) is 1. The second-order valence-corrected chi connectivity index (χ2v) is 5.28. The smallest absolute Gasteiger partial charge is 0.225 e. The lowest BCUT2D eigenvalue weighted by molar-refractivity contribution is 0.122. The van der Waals surface area contributed by atoms with E-state index in [-0.39, 0.29) is 0 Å². The van der Waals surface area contributed by atoms with Crippen LogP contribution in [-0.4, -0.2) is 41.3 Å². The number of fused-ring (bicyclic) bond motifs is 1. The third-order valence-electron chi connectivity index (χ3n) is 3.91. The van der Waals surface area contributed by atoms with Gasteiger partial charge < -0.3 is 9.64 Å². The molecule has 1 aromatic carbocycles. The molecule has 0 saturated carbocycles. The quantitative estimate of drug-likeness (QED) is 0.726. The Bertz CT molecular complexity index is 777. The van der Waals surface area contributed by atoms with Crippen molar-refractivity contribution in [1.82, 2.24) is 15.0 Å². The summed E-state index contributed by atoms with van der Waals surface area (Å²) in [6.07, 6.45) is 7.50. The van der Waals surface area contributed by atoms with Gasteiger partial charge in [-0.25, -0.2) is 9.97 Å². The molecular weight excluding hydrogens is 276 g/mol. The lowest BCUT2D eigenvalue weighted by Crippen LogP contribution is -2.37. The van der Waals surface area contributed by atoms with Gasteiger partial charge in [0, 0.05) is 54.4 Å². The number of nitrogens with zero attached hydrogens (tertiary/aromatic N) is 4. The Morgan fingerprint density at radius 1 is 0.909 bits per heavy atom. The van der Waals surface area contributed by atoms with E-state index >= 15 is 0 Å². The van der Waals surface area contributed by atoms with Gasteiger partial charge in [0.1, 0.15) is 0 Å². The van der Waals surface area contributed by atoms with Crippen LogP contribution in [0.5, 0.6) is 0 Å². The zero-order chi connectivity index (χ0) is 14.8. The molecule has 1 saturated heterocycles. The molecule has 0 bridgehead atoms. The largest absolute Gasteiger partial charge is 0.378 e. The Morgan fingerprint density at radius 2 is 1.68 bits per heavy atom. The molecule has 1 aliphatic heterocycles. The molecule has 0 atom stereocenters. The Kier molecular flexibility index (Phi) is 3.40. The van der Waals surface area contributed by atoms with Gasteiger partial charge in [0.2, 0.25) is 5.95 Å². The maximum absolute atomic E-state index is 5.36. The van der Waals surface area contributed by atoms with Gasteiger partial charge >= 0.3 is 0 Å². The van der Waals surface area contributed by atoms with Gasteiger partial charge in [-0.3, -0.25) is 4.98 Å². The lowest BCUT2D eigenvalue weighted by atomic mass is 10.0. The average molecular weight is 292 g/mol. The fourth-order valence-corrected chi connectivity index (χ4v) is 2.73. The molecule has 3 heterocycles. The molecule has 0 radical (unpaired) electrons. The molecule has 0 aliphatic carbocycles. The third-order valence-corrected chi connectivity index (χ3v) is 3.91. The van der Waals surface area contributed by atoms with Crippen molar-refractivity contribution < 1.29 is 4.74 Å². The van der Waals surface area contributed by atoms with Crippen molar-refractivity contribution in [3.05, 3.63) is 49.1 Å². The molecule has 5 nitrogen and oxygen atoms in total. The van der Waals surface area contributed by atoms with E-state index in [9.17, 15) is 0 Å². The molecule has 0 N–H and O–H groups in total. The second-order valence-electron chi connectivity index (χ2n) is 5.28. The van der Waals surface area contributed by atoms with Crippen LogP contribution >= 0.6 is 0 Å². The molecule has 1 aliphatic rings. The first-order chi connectivity index (χ1) is 10.9. The molecule has 4 rings (SSSR count). The van der Waals surface area contributed by atoms with E-state index in [2.05, 4.69) is 32.0 Å². The number of benzene rings is 1. The normalized spacial score (nSPS) is 15.2. The molecule has 1 fully saturated rings. The van der Waals surface area contributed by atoms with Gasteiger partial charge in [-0.15, -0.1) is 0 Å². The Balaban J connectivity index is 1.70. The minimum Gasteiger partial charge on any atom is -0.378 e. The van der Waals surface area contributed by atoms with Crippen LogP contribution in [0, 0.1) is 0 Å². The van der Waals surface area contributed by atoms with Gasteiger partial charge in [0.05, 0.1) is 13.2 Å². The first kappa shape index (κ1) is 13.2. The summed E-state index contributed by atoms with van der Waals surface area (Å²) in [6, 6.07) is 8.22. The SMILES string of the molecule is c1ccc2c(-c3cnc(N4CCOCC4)nc3)cncc2c1. The highest BCUT2D eigenvalue weighted by Gasteiger charge is 2.14. The van der Waals surface area contributed by atoms with Gasteiger partial charge in [-0.1, -0.05) is 24.3 Å². The van der Waals surface area contributed by atoms with Crippen molar-refractivity contribution in [3.63, 3.8) is 0 Å². The predicted molar refractivity (Wildman–Crippen MR) is 85.8 cm³/mol. The van der Waals surface area contributed by atoms with Crippen LogP contribution in [-0.2, 0) is 4.74 Å². The van der Waals surface area contributed by atoms with E-state index in [4.69, 9.17) is 4.74 Å². The number of pyridine rings is 1. The van der Waals surface area contributed by atoms with Crippen molar-refractivity contribution in [1.29, 1.82) is 0 Å². The molecule has 0 amide bonds. The van der Waals surface area contributed by atoms with E-state index in [1.807, 2.05) is 36.9 Å². The first-order valence-corrected chi connectivity index (χ1v) is 7.40. The van der Waals surface area contributed by atoms with Gasteiger partial charge in [-0.05, 0) is 5.39 Å². The highest BCUT2D eigenvalue weighted by molar-refractivity contribution is 5.95. The highest BCUT2D eigenvalue weighted by Crippen LogP contribution is 2.27. The number of rotatable bonds is 2. The molecule has 5 heteroatoms. The van der Waals surface area contributed by atoms with Crippen LogP contribution in [0.25, 0.3) is 21.9 Å². The lowest BCUT2D eigenvalue weighted by Gasteiger charge is -2.26. The molecule has 22 heavy (non-hydrogen) atoms. The average Bonchev–Trinajstić information content (AvgIpc) is 2.62. The monoisotopic (exact) mass is 292 g/mol. The summed E-state index contributed by atoms with van der Waals surface area (Å²) in [5, 5.41) is 2.29. The third kappa shape index (κ3) is 2.40. The zero-order valence-electron chi connectivity index (χ0n) is 12.1. The van der Waals surface area contributed by atoms with Gasteiger partial charge in [0.15, 0.2) is 0 Å². The van der Waals surface area contributed by atoms with Crippen LogP contribution in [0.15, 0.2) is 49.1 Å². The Labute approximate surface area is 128 Å². The van der Waals surface area contributed by atoms with Crippen molar-refractivity contribution in [2.75, 3.05) is 31.2 Å². The van der Waals surface area contributed by atoms with Crippen molar-refractivity contribution in [2.45, 2.75) is 0 Å². The van der Waals surface area contributed by atoms with Crippen molar-refractivity contribution >= 4 is 16.7 Å². The van der Waals surface area contributed by atoms with Crippen LogP contribution in [0.1, 0.15) is 0 Å². The van der Waals surface area contributed by atoms with Crippen LogP contribution < -0.4 is 4.90 Å². The number of hydrogen-bond acceptors (Lipinski definition) is 5. The van der Waals surface area contributed by atoms with Crippen LogP contribution in [0.3, 0.4) is 0 Å². The number of hydrogen-bond donors (Lipinski definition) is 0. The fraction of sp³-hybridized carbons (Fsp3) is 0.235. The molecule has 3 aromatic rings. The number of aromatic nitrogens is 3. The summed E-state index contributed by atoms with van der Waals surface area (Å²) in [5.41, 5.74) is 2.05. The molecular formula is C17H16N4O. The summed E-state index contributed by atoms with van der Waals surface area (Å²) in [4.78, 5) is 15.5. The van der Waals surface area contributed by atoms with Crippen molar-refractivity contribution in [2.24, 2.45) is 0 Å². The fourth-order valence-electron chi connectivity index (χ4n) is 2.73. The minimum atomic E-state index is 0.734. The summed E-state index contributed by atoms with van der Waals surface area (Å²) >= 11 is 0. The maximum atomic E-state index is 5.36. The topological polar surface area (TPSA) is 51.1 Å². The molecule has 2 aromatic heterocycles. The summed E-state index contributed by atoms with van der Waals surface area (Å²) < 4.78 is 5.36. The van der Waals surface area contributed by atoms with E-state index in [0.29, 0.717) is 0 Å². The summed E-state index contributed by atoms with van der Waals surface area (Å²) in [5.74, 6) is 0.764. The van der Waals surface area contributed by atoms with E-state index in [1.54, 1.807) is 0 Å². The van der Waals surface area contributed by atoms with Gasteiger partial charge in [0.25, 0.3) is 0 Å². The molecule has 0 unspecified atom stereocenters. The van der Waals surface area contributed by atoms with Crippen molar-refractivity contribution in [3.8, 4) is 11.1 Å². The van der Waals surface area contributed by atoms with E-state index in [1.165, 1.54) is 5.39 Å². The van der Waals surface area contributed by atoms with Crippen LogP contribution in [0.2, 0.25) is 0 Å². The summed E-state index contributed by atoms with van der Waals surface area (Å²) in [6.45, 7) is 3.15. The standard InChI is InChI=1S/C17H16N4O/c1-2-4-15-13(3-1)9-18-12-16(15)14-10-19-17(20-11-14)21-5-7-22-8-6-21/h1-4,9-12H,5-8H2. The molecule has 110 valence electrons. The number of anilines is 1. The highest BCUT2D eigenvalue weighted by atomic mass is 16.5. The summed E-state index contributed by atoms with van der Waals surface area (Å²) in [7, 11) is 0. The predicted octanol–water partition coefficient (Wildman–Crippen LogP) is 2.53. The van der Waals surface area contributed by atoms with E-state index < -0.39 is 0 Å². The first-order valence-electron chi connectivity index (χ1n) is 7.40. The van der Waals surface area contributed by atoms with Crippen LogP contribution in [0.4, 0.5) is 5.95 Å². The second kappa shape index (κ2) is 5.69.